The van der Waals surface area contributed by atoms with E-state index in [1.807, 2.05) is 24.3 Å². The third-order valence-electron chi connectivity index (χ3n) is 13.1. The van der Waals surface area contributed by atoms with E-state index >= 15 is 0 Å². The minimum Gasteiger partial charge on any atom is -0.483 e. The van der Waals surface area contributed by atoms with Crippen LogP contribution < -0.4 is 40.5 Å². The number of hydrogen-bond donors (Lipinski definition) is 5. The molecule has 348 valence electrons. The first kappa shape index (κ1) is 45.2. The molecule has 4 aliphatic heterocycles. The molecule has 18 nitrogen and oxygen atoms in total. The molecular weight excluding hydrogens is 884 g/mol. The van der Waals surface area contributed by atoms with Crippen molar-refractivity contribution < 1.29 is 48.0 Å². The number of nitrogens with zero attached hydrogens (tertiary/aromatic N) is 4. The number of anilines is 4. The summed E-state index contributed by atoms with van der Waals surface area (Å²) in [5, 5.41) is 29.8. The first-order valence-electron chi connectivity index (χ1n) is 22.3. The Labute approximate surface area is 390 Å². The van der Waals surface area contributed by atoms with Gasteiger partial charge >= 0.3 is 12.2 Å². The summed E-state index contributed by atoms with van der Waals surface area (Å²) in [6, 6.07) is 23.9. The van der Waals surface area contributed by atoms with E-state index < -0.39 is 6.09 Å². The van der Waals surface area contributed by atoms with Gasteiger partial charge in [-0.1, -0.05) is 35.9 Å². The number of aromatic nitrogens is 1. The smallest absolute Gasteiger partial charge is 0.415 e. The third-order valence-corrected chi connectivity index (χ3v) is 13.5. The van der Waals surface area contributed by atoms with E-state index in [1.54, 1.807) is 35.2 Å². The fourth-order valence-electron chi connectivity index (χ4n) is 9.86. The summed E-state index contributed by atoms with van der Waals surface area (Å²) in [4.78, 5) is 63.8. The molecular formula is C48H49ClN8O10. The lowest BCUT2D eigenvalue weighted by atomic mass is 9.76. The predicted octanol–water partition coefficient (Wildman–Crippen LogP) is 5.24. The van der Waals surface area contributed by atoms with Gasteiger partial charge in [0.25, 0.3) is 18.3 Å². The van der Waals surface area contributed by atoms with Gasteiger partial charge in [-0.3, -0.25) is 24.2 Å². The number of rotatable bonds is 10. The highest BCUT2D eigenvalue weighted by molar-refractivity contribution is 6.31. The molecule has 4 amide bonds. The number of pyridine rings is 1. The van der Waals surface area contributed by atoms with E-state index in [4.69, 9.17) is 40.4 Å². The molecule has 4 aromatic rings. The van der Waals surface area contributed by atoms with Gasteiger partial charge in [-0.05, 0) is 129 Å². The molecule has 5 heterocycles. The molecule has 2 saturated heterocycles. The number of benzene rings is 3. The lowest BCUT2D eigenvalue weighted by Gasteiger charge is -2.39. The van der Waals surface area contributed by atoms with E-state index in [1.165, 1.54) is 27.2 Å². The van der Waals surface area contributed by atoms with Crippen molar-refractivity contribution in [2.75, 3.05) is 59.8 Å². The minimum absolute atomic E-state index is 0.00710. The Morgan fingerprint density at radius 1 is 0.836 bits per heavy atom. The van der Waals surface area contributed by atoms with Crippen LogP contribution in [0.25, 0.3) is 0 Å². The summed E-state index contributed by atoms with van der Waals surface area (Å²) in [6.07, 6.45) is 5.40. The zero-order valence-corrected chi connectivity index (χ0v) is 37.1. The van der Waals surface area contributed by atoms with Crippen LogP contribution in [-0.2, 0) is 49.5 Å². The van der Waals surface area contributed by atoms with Gasteiger partial charge in [-0.2, -0.15) is 5.26 Å². The molecule has 11 rings (SSSR count). The lowest BCUT2D eigenvalue weighted by Crippen LogP contribution is -2.50. The zero-order valence-electron chi connectivity index (χ0n) is 36.4. The number of halogens is 1. The predicted molar refractivity (Wildman–Crippen MR) is 245 cm³/mol. The molecule has 1 aromatic heterocycles. The summed E-state index contributed by atoms with van der Waals surface area (Å²) in [5.41, 5.74) is 7.11. The molecule has 3 aromatic carbocycles. The summed E-state index contributed by atoms with van der Waals surface area (Å²) < 4.78 is 21.9. The number of amides is 4. The Balaban J connectivity index is 0.000000159. The number of cyclic esters (lactones) is 2. The Kier molecular flexibility index (Phi) is 13.4. The maximum Gasteiger partial charge on any atom is 0.415 e. The highest BCUT2D eigenvalue weighted by Gasteiger charge is 2.45. The Morgan fingerprint density at radius 3 is 2.36 bits per heavy atom. The van der Waals surface area contributed by atoms with Crippen molar-refractivity contribution in [2.45, 2.75) is 69.2 Å². The van der Waals surface area contributed by atoms with Gasteiger partial charge in [0.2, 0.25) is 0 Å². The summed E-state index contributed by atoms with van der Waals surface area (Å²) in [7, 11) is 0. The van der Waals surface area contributed by atoms with E-state index in [-0.39, 0.29) is 49.8 Å². The number of carboxylic acid groups (broad SMARTS) is 1. The maximum atomic E-state index is 12.5. The second-order valence-electron chi connectivity index (χ2n) is 17.5. The van der Waals surface area contributed by atoms with Crippen molar-refractivity contribution in [1.82, 2.24) is 15.6 Å². The summed E-state index contributed by atoms with van der Waals surface area (Å²) in [6.45, 7) is 2.34. The number of nitrogens with one attached hydrogen (secondary N) is 4. The monoisotopic (exact) mass is 932 g/mol. The number of fused-ring (bicyclic) bond motifs is 4. The normalized spacial score (nSPS) is 23.9. The molecule has 0 spiro atoms. The second-order valence-corrected chi connectivity index (χ2v) is 17.9. The largest absolute Gasteiger partial charge is 0.483 e. The Hall–Kier alpha value is -6.94. The van der Waals surface area contributed by atoms with Crippen molar-refractivity contribution in [3.8, 4) is 17.6 Å². The van der Waals surface area contributed by atoms with E-state index in [0.717, 1.165) is 68.6 Å². The molecule has 7 aliphatic rings. The molecule has 4 atom stereocenters. The number of carbonyl (C=O) groups is 5. The summed E-state index contributed by atoms with van der Waals surface area (Å²) in [5.74, 6) is 2.24. The van der Waals surface area contributed by atoms with Gasteiger partial charge in [0.15, 0.2) is 24.8 Å². The van der Waals surface area contributed by atoms with Crippen LogP contribution in [0.15, 0.2) is 66.7 Å². The third kappa shape index (κ3) is 10.1. The van der Waals surface area contributed by atoms with Crippen LogP contribution in [-0.4, -0.2) is 104 Å². The topological polar surface area (TPSA) is 234 Å². The second kappa shape index (κ2) is 19.9. The summed E-state index contributed by atoms with van der Waals surface area (Å²) >= 11 is 6.31. The van der Waals surface area contributed by atoms with Gasteiger partial charge < -0.3 is 45.3 Å². The van der Waals surface area contributed by atoms with E-state index in [0.29, 0.717) is 71.5 Å². The fraction of sp³-hybridized carbons (Fsp3) is 0.396. The molecule has 0 bridgehead atoms. The Bertz CT molecular complexity index is 2620. The van der Waals surface area contributed by atoms with Crippen LogP contribution >= 0.6 is 11.6 Å². The van der Waals surface area contributed by atoms with Gasteiger partial charge in [0, 0.05) is 28.7 Å². The first-order chi connectivity index (χ1) is 32.5. The lowest BCUT2D eigenvalue weighted by molar-refractivity contribution is -0.123. The molecule has 3 fully saturated rings. The maximum absolute atomic E-state index is 12.5. The van der Waals surface area contributed by atoms with Crippen molar-refractivity contribution >= 4 is 65.1 Å². The van der Waals surface area contributed by atoms with Crippen LogP contribution in [0.5, 0.6) is 11.5 Å². The fourth-order valence-corrected chi connectivity index (χ4v) is 10.1. The van der Waals surface area contributed by atoms with Crippen molar-refractivity contribution in [3.63, 3.8) is 0 Å². The quantitative estimate of drug-likeness (QED) is 0.101. The van der Waals surface area contributed by atoms with Gasteiger partial charge in [-0.15, -0.1) is 0 Å². The highest BCUT2D eigenvalue weighted by Crippen LogP contribution is 2.39. The Morgan fingerprint density at radius 2 is 1.57 bits per heavy atom. The van der Waals surface area contributed by atoms with Gasteiger partial charge in [-0.25, -0.2) is 14.6 Å². The number of ether oxygens (including phenoxy) is 4. The van der Waals surface area contributed by atoms with Crippen molar-refractivity contribution in [1.29, 1.82) is 5.26 Å². The van der Waals surface area contributed by atoms with Gasteiger partial charge in [0.1, 0.15) is 23.8 Å². The number of nitriles is 1. The molecule has 1 saturated carbocycles. The number of hydrogen-bond acceptors (Lipinski definition) is 13. The van der Waals surface area contributed by atoms with E-state index in [2.05, 4.69) is 44.5 Å². The van der Waals surface area contributed by atoms with Crippen molar-refractivity contribution in [2.24, 2.45) is 11.8 Å². The van der Waals surface area contributed by atoms with Crippen LogP contribution in [0.2, 0.25) is 5.02 Å². The zero-order chi connectivity index (χ0) is 46.6. The van der Waals surface area contributed by atoms with Crippen molar-refractivity contribution in [3.05, 3.63) is 99.6 Å². The highest BCUT2D eigenvalue weighted by atomic mass is 35.5. The number of carbonyl (C=O) groups excluding carboxylic acids is 4. The van der Waals surface area contributed by atoms with Gasteiger partial charge in [0.05, 0.1) is 30.4 Å². The van der Waals surface area contributed by atoms with Crippen LogP contribution in [0.4, 0.5) is 32.6 Å². The molecule has 0 radical (unpaired) electrons. The molecule has 3 aliphatic carbocycles. The SMILES string of the molecule is N#Cc1cccc2c1CC(N[C@H]1C[C@H](C3CN(c4ccc5c(n4)NC(=O)CO5)C(=O)O3)C1)C2.O=C1COc2ccc(N3CC(CCNCC4Cc5cccc(Cl)c5C4)OC3=O)cc2N1.O=CO. The molecule has 19 heteroatoms. The minimum atomic E-state index is -0.415. The van der Waals surface area contributed by atoms with Crippen LogP contribution in [0.3, 0.4) is 0 Å². The van der Waals surface area contributed by atoms with Crippen LogP contribution in [0, 0.1) is 23.2 Å². The van der Waals surface area contributed by atoms with E-state index in [9.17, 15) is 24.4 Å². The molecule has 4 unspecified atom stereocenters. The first-order valence-corrected chi connectivity index (χ1v) is 22.7. The average Bonchev–Trinajstić information content (AvgIpc) is 4.11. The molecule has 67 heavy (non-hydrogen) atoms. The average molecular weight is 933 g/mol. The van der Waals surface area contributed by atoms with Crippen LogP contribution in [0.1, 0.15) is 47.1 Å². The standard InChI is InChI=1S/C24H23N5O4.C23H24ClN3O4.CH2O2/c25-10-14-3-1-2-13-6-17(9-18(13)14)26-16-7-15(8-16)20-11-29(24(31)33-20)21-5-4-19-23(27-21)28-22(30)12-32-19;24-19-3-1-2-15-8-14(9-18(15)19)11-25-7-6-17-12-27(23(29)31-17)16-4-5-21-20(10-16)26-22(28)13-30-21;2-1-3/h1-5,15-17,20,26H,6-9,11-12H2,(H,27,28,30);1-5,10,14,17,25H,6-9,11-13H2,(H,26,28);1H,(H,2,3)/t15-,16-,17?,20?;;. The molecule has 5 N–H and O–H groups in total.